The second-order valence-electron chi connectivity index (χ2n) is 15.9. The fraction of sp³-hybridized carbons (Fsp3) is 0.113. The summed E-state index contributed by atoms with van der Waals surface area (Å²) in [6.45, 7) is 0. The highest BCUT2D eigenvalue weighted by Gasteiger charge is 2.44. The highest BCUT2D eigenvalue weighted by atomic mass is 32.1. The van der Waals surface area contributed by atoms with Crippen LogP contribution in [0.15, 0.2) is 156 Å². The van der Waals surface area contributed by atoms with Gasteiger partial charge in [0.05, 0.1) is 23.0 Å². The van der Waals surface area contributed by atoms with Crippen molar-refractivity contribution in [1.29, 1.82) is 5.26 Å². The van der Waals surface area contributed by atoms with Crippen LogP contribution in [0.5, 0.6) is 0 Å². The molecule has 3 aromatic heterocycles. The lowest BCUT2D eigenvalue weighted by atomic mass is 9.67. The van der Waals surface area contributed by atoms with E-state index in [0.717, 1.165) is 68.4 Å². The molecule has 0 N–H and O–H groups in total. The molecule has 1 fully saturated rings. The van der Waals surface area contributed by atoms with Gasteiger partial charge in [0.2, 0.25) is 0 Å². The van der Waals surface area contributed by atoms with Crippen molar-refractivity contribution in [3.63, 3.8) is 0 Å². The Hall–Kier alpha value is -6.87. The summed E-state index contributed by atoms with van der Waals surface area (Å²) in [6.07, 6.45) is 5.97. The molecule has 12 rings (SSSR count). The predicted octanol–water partition coefficient (Wildman–Crippen LogP) is 14.5. The number of rotatable bonds is 4. The first-order chi connectivity index (χ1) is 28.6. The van der Waals surface area contributed by atoms with Gasteiger partial charge in [-0.15, -0.1) is 11.3 Å². The average molecular weight is 762 g/mol. The maximum Gasteiger partial charge on any atom is 0.160 e. The van der Waals surface area contributed by atoms with Crippen LogP contribution in [-0.2, 0) is 5.41 Å². The number of benzene rings is 7. The molecule has 1 saturated carbocycles. The Kier molecular flexibility index (Phi) is 7.36. The number of thiophene rings is 1. The molecule has 0 saturated heterocycles. The van der Waals surface area contributed by atoms with E-state index in [-0.39, 0.29) is 5.41 Å². The minimum absolute atomic E-state index is 0.0211. The van der Waals surface area contributed by atoms with Gasteiger partial charge in [0, 0.05) is 53.1 Å². The van der Waals surface area contributed by atoms with E-state index in [2.05, 4.69) is 121 Å². The number of nitriles is 1. The highest BCUT2D eigenvalue weighted by molar-refractivity contribution is 7.26. The standard InChI is InChI=1S/C53H35N3OS/c54-31-32-16-20-37-38-21-17-35(28-45(38)53(44(37)26-32)24-7-2-8-25-53)34-19-23-50-43(27-34)41-13-9-14-42(51(41)58-50)47-30-46(55-52(56-47)33-10-3-1-4-11-33)36-18-22-40-39-12-5-6-15-48(39)57-49(40)29-36/h1,3-6,9-23,26-30H,2,7-8,24-25H2. The molecule has 3 heterocycles. The SMILES string of the molecule is N#Cc1ccc2c(c1)C1(CCCCC1)c1cc(-c3ccc4sc5c(-c6cc(-c7ccc8c(c7)oc7ccccc78)nc(-c7ccccc7)n6)cccc5c4c3)ccc1-2. The van der Waals surface area contributed by atoms with E-state index in [1.807, 2.05) is 47.7 Å². The van der Waals surface area contributed by atoms with E-state index in [1.165, 1.54) is 72.8 Å². The van der Waals surface area contributed by atoms with Crippen LogP contribution in [0, 0.1) is 11.3 Å². The molecular weight excluding hydrogens is 727 g/mol. The third-order valence-corrected chi connectivity index (χ3v) is 14.0. The van der Waals surface area contributed by atoms with Gasteiger partial charge < -0.3 is 4.42 Å². The van der Waals surface area contributed by atoms with E-state index < -0.39 is 0 Å². The molecule has 5 heteroatoms. The van der Waals surface area contributed by atoms with Gasteiger partial charge in [-0.25, -0.2) is 9.97 Å². The Morgan fingerprint density at radius 1 is 0.517 bits per heavy atom. The monoisotopic (exact) mass is 761 g/mol. The largest absolute Gasteiger partial charge is 0.456 e. The van der Waals surface area contributed by atoms with Gasteiger partial charge in [-0.3, -0.25) is 0 Å². The summed E-state index contributed by atoms with van der Waals surface area (Å²) in [5.74, 6) is 0.691. The molecule has 0 aliphatic heterocycles. The van der Waals surface area contributed by atoms with Gasteiger partial charge in [0.15, 0.2) is 5.82 Å². The molecule has 10 aromatic rings. The molecule has 58 heavy (non-hydrogen) atoms. The lowest BCUT2D eigenvalue weighted by molar-refractivity contribution is 0.353. The summed E-state index contributed by atoms with van der Waals surface area (Å²) in [6, 6.07) is 56.3. The molecule has 0 bridgehead atoms. The van der Waals surface area contributed by atoms with Crippen LogP contribution >= 0.6 is 11.3 Å². The summed E-state index contributed by atoms with van der Waals surface area (Å²) < 4.78 is 8.76. The number of fused-ring (bicyclic) bond motifs is 11. The van der Waals surface area contributed by atoms with Gasteiger partial charge in [-0.2, -0.15) is 5.26 Å². The molecule has 0 atom stereocenters. The summed E-state index contributed by atoms with van der Waals surface area (Å²) in [7, 11) is 0. The lowest BCUT2D eigenvalue weighted by Gasteiger charge is -2.36. The third-order valence-electron chi connectivity index (χ3n) is 12.7. The van der Waals surface area contributed by atoms with Crippen LogP contribution in [-0.4, -0.2) is 9.97 Å². The second kappa shape index (κ2) is 12.8. The summed E-state index contributed by atoms with van der Waals surface area (Å²) in [5, 5.41) is 14.5. The minimum atomic E-state index is -0.0211. The van der Waals surface area contributed by atoms with Crippen molar-refractivity contribution in [2.75, 3.05) is 0 Å². The van der Waals surface area contributed by atoms with E-state index in [4.69, 9.17) is 14.4 Å². The van der Waals surface area contributed by atoms with Gasteiger partial charge >= 0.3 is 0 Å². The van der Waals surface area contributed by atoms with Crippen LogP contribution in [0.25, 0.3) is 98.3 Å². The fourth-order valence-corrected chi connectivity index (χ4v) is 11.2. The number of aromatic nitrogens is 2. The van der Waals surface area contributed by atoms with E-state index in [0.29, 0.717) is 5.82 Å². The van der Waals surface area contributed by atoms with Gasteiger partial charge in [-0.05, 0) is 101 Å². The Balaban J connectivity index is 0.984. The fourth-order valence-electron chi connectivity index (χ4n) is 9.95. The average Bonchev–Trinajstić information content (AvgIpc) is 3.94. The second-order valence-corrected chi connectivity index (χ2v) is 17.0. The number of para-hydroxylation sites is 1. The first-order valence-electron chi connectivity index (χ1n) is 20.2. The Morgan fingerprint density at radius 3 is 2.12 bits per heavy atom. The molecule has 1 spiro atoms. The van der Waals surface area contributed by atoms with Crippen molar-refractivity contribution >= 4 is 53.4 Å². The molecule has 0 radical (unpaired) electrons. The summed E-state index contributed by atoms with van der Waals surface area (Å²) in [5.41, 5.74) is 15.1. The smallest absolute Gasteiger partial charge is 0.160 e. The number of hydrogen-bond acceptors (Lipinski definition) is 5. The van der Waals surface area contributed by atoms with Gasteiger partial charge in [0.1, 0.15) is 11.2 Å². The zero-order valence-corrected chi connectivity index (χ0v) is 32.4. The normalized spacial score (nSPS) is 14.3. The van der Waals surface area contributed by atoms with Crippen LogP contribution in [0.3, 0.4) is 0 Å². The number of nitrogens with zero attached hydrogens (tertiary/aromatic N) is 3. The Labute approximate surface area is 339 Å². The molecular formula is C53H35N3OS. The third kappa shape index (κ3) is 5.05. The molecule has 7 aromatic carbocycles. The van der Waals surface area contributed by atoms with Crippen molar-refractivity contribution in [3.05, 3.63) is 168 Å². The predicted molar refractivity (Wildman–Crippen MR) is 238 cm³/mol. The quantitative estimate of drug-likeness (QED) is 0.179. The minimum Gasteiger partial charge on any atom is -0.456 e. The van der Waals surface area contributed by atoms with Crippen LogP contribution in [0.1, 0.15) is 48.8 Å². The molecule has 0 unspecified atom stereocenters. The summed E-state index contributed by atoms with van der Waals surface area (Å²) >= 11 is 1.83. The zero-order valence-electron chi connectivity index (χ0n) is 31.6. The molecule has 2 aliphatic rings. The van der Waals surface area contributed by atoms with E-state index in [1.54, 1.807) is 0 Å². The van der Waals surface area contributed by atoms with Crippen molar-refractivity contribution in [1.82, 2.24) is 9.97 Å². The summed E-state index contributed by atoms with van der Waals surface area (Å²) in [4.78, 5) is 10.4. The molecule has 2 aliphatic carbocycles. The molecule has 4 nitrogen and oxygen atoms in total. The zero-order chi connectivity index (χ0) is 38.4. The lowest BCUT2D eigenvalue weighted by Crippen LogP contribution is -2.28. The van der Waals surface area contributed by atoms with Gasteiger partial charge in [-0.1, -0.05) is 116 Å². The number of furan rings is 1. The first-order valence-corrected chi connectivity index (χ1v) is 21.0. The maximum atomic E-state index is 9.80. The maximum absolute atomic E-state index is 9.80. The Morgan fingerprint density at radius 2 is 1.24 bits per heavy atom. The van der Waals surface area contributed by atoms with Crippen LogP contribution < -0.4 is 0 Å². The highest BCUT2D eigenvalue weighted by Crippen LogP contribution is 2.56. The van der Waals surface area contributed by atoms with Crippen molar-refractivity contribution in [3.8, 4) is 62.2 Å². The van der Waals surface area contributed by atoms with Crippen LogP contribution in [0.4, 0.5) is 0 Å². The van der Waals surface area contributed by atoms with Crippen LogP contribution in [0.2, 0.25) is 0 Å². The molecule has 274 valence electrons. The van der Waals surface area contributed by atoms with E-state index in [9.17, 15) is 5.26 Å². The first kappa shape index (κ1) is 33.3. The van der Waals surface area contributed by atoms with Crippen molar-refractivity contribution < 1.29 is 4.42 Å². The van der Waals surface area contributed by atoms with Crippen molar-refractivity contribution in [2.24, 2.45) is 0 Å². The topological polar surface area (TPSA) is 62.7 Å². The number of hydrogen-bond donors (Lipinski definition) is 0. The van der Waals surface area contributed by atoms with E-state index >= 15 is 0 Å². The molecule has 0 amide bonds. The Bertz CT molecular complexity index is 3340. The van der Waals surface area contributed by atoms with Gasteiger partial charge in [0.25, 0.3) is 0 Å². The van der Waals surface area contributed by atoms with Crippen molar-refractivity contribution in [2.45, 2.75) is 37.5 Å².